The Morgan fingerprint density at radius 1 is 1.28 bits per heavy atom. The fourth-order valence-corrected chi connectivity index (χ4v) is 1.75. The SMILES string of the molecule is CCCCCCCNc1cc(C(=O)O)ccc1F. The Morgan fingerprint density at radius 2 is 2.00 bits per heavy atom. The van der Waals surface area contributed by atoms with Gasteiger partial charge in [0.05, 0.1) is 11.3 Å². The molecule has 0 unspecified atom stereocenters. The minimum absolute atomic E-state index is 0.102. The molecule has 100 valence electrons. The third-order valence-electron chi connectivity index (χ3n) is 2.81. The molecule has 2 N–H and O–H groups in total. The van der Waals surface area contributed by atoms with E-state index in [2.05, 4.69) is 12.2 Å². The third-order valence-corrected chi connectivity index (χ3v) is 2.81. The van der Waals surface area contributed by atoms with Gasteiger partial charge in [-0.25, -0.2) is 9.18 Å². The summed E-state index contributed by atoms with van der Waals surface area (Å²) in [6.07, 6.45) is 5.69. The molecule has 1 aromatic rings. The smallest absolute Gasteiger partial charge is 0.335 e. The quantitative estimate of drug-likeness (QED) is 0.691. The second kappa shape index (κ2) is 7.69. The Balaban J connectivity index is 2.41. The Labute approximate surface area is 107 Å². The average Bonchev–Trinajstić information content (AvgIpc) is 2.35. The molecular formula is C14H20FNO2. The van der Waals surface area contributed by atoms with Crippen molar-refractivity contribution in [3.8, 4) is 0 Å². The lowest BCUT2D eigenvalue weighted by atomic mass is 10.1. The summed E-state index contributed by atoms with van der Waals surface area (Å²) >= 11 is 0. The molecule has 1 rings (SSSR count). The van der Waals surface area contributed by atoms with Crippen LogP contribution in [0.1, 0.15) is 49.4 Å². The molecular weight excluding hydrogens is 233 g/mol. The zero-order chi connectivity index (χ0) is 13.4. The van der Waals surface area contributed by atoms with Gasteiger partial charge >= 0.3 is 5.97 Å². The number of rotatable bonds is 8. The Bertz CT molecular complexity index is 393. The summed E-state index contributed by atoms with van der Waals surface area (Å²) in [6, 6.07) is 3.79. The van der Waals surface area contributed by atoms with Crippen LogP contribution in [0.15, 0.2) is 18.2 Å². The Morgan fingerprint density at radius 3 is 2.67 bits per heavy atom. The van der Waals surface area contributed by atoms with Gasteiger partial charge in [-0.1, -0.05) is 32.6 Å². The van der Waals surface area contributed by atoms with Crippen molar-refractivity contribution in [2.24, 2.45) is 0 Å². The summed E-state index contributed by atoms with van der Waals surface area (Å²) in [4.78, 5) is 10.8. The first-order chi connectivity index (χ1) is 8.65. The highest BCUT2D eigenvalue weighted by atomic mass is 19.1. The lowest BCUT2D eigenvalue weighted by Crippen LogP contribution is -2.05. The number of carbonyl (C=O) groups is 1. The average molecular weight is 253 g/mol. The minimum Gasteiger partial charge on any atom is -0.478 e. The molecule has 0 fully saturated rings. The molecule has 3 nitrogen and oxygen atoms in total. The van der Waals surface area contributed by atoms with E-state index < -0.39 is 11.8 Å². The molecule has 0 bridgehead atoms. The molecule has 0 spiro atoms. The van der Waals surface area contributed by atoms with Crippen LogP contribution < -0.4 is 5.32 Å². The molecule has 1 aromatic carbocycles. The Kier molecular flexibility index (Phi) is 6.19. The highest BCUT2D eigenvalue weighted by Gasteiger charge is 2.07. The van der Waals surface area contributed by atoms with Gasteiger partial charge in [-0.05, 0) is 24.6 Å². The van der Waals surface area contributed by atoms with E-state index in [1.54, 1.807) is 0 Å². The molecule has 0 amide bonds. The number of benzene rings is 1. The predicted octanol–water partition coefficient (Wildman–Crippen LogP) is 3.91. The number of unbranched alkanes of at least 4 members (excludes halogenated alkanes) is 4. The van der Waals surface area contributed by atoms with Crippen molar-refractivity contribution >= 4 is 11.7 Å². The second-order valence-corrected chi connectivity index (χ2v) is 4.34. The van der Waals surface area contributed by atoms with Crippen molar-refractivity contribution in [2.75, 3.05) is 11.9 Å². The summed E-state index contributed by atoms with van der Waals surface area (Å²) in [5.41, 5.74) is 0.371. The van der Waals surface area contributed by atoms with Crippen LogP contribution in [0, 0.1) is 5.82 Å². The molecule has 0 aliphatic carbocycles. The number of hydrogen-bond acceptors (Lipinski definition) is 2. The monoisotopic (exact) mass is 253 g/mol. The minimum atomic E-state index is -1.04. The summed E-state index contributed by atoms with van der Waals surface area (Å²) in [5.74, 6) is -1.45. The van der Waals surface area contributed by atoms with E-state index in [-0.39, 0.29) is 11.3 Å². The number of nitrogens with one attached hydrogen (secondary N) is 1. The van der Waals surface area contributed by atoms with Crippen molar-refractivity contribution in [1.82, 2.24) is 0 Å². The number of carboxylic acid groups (broad SMARTS) is 1. The number of aromatic carboxylic acids is 1. The first-order valence-corrected chi connectivity index (χ1v) is 6.42. The van der Waals surface area contributed by atoms with Gasteiger partial charge in [0.25, 0.3) is 0 Å². The fraction of sp³-hybridized carbons (Fsp3) is 0.500. The first kappa shape index (κ1) is 14.5. The maximum atomic E-state index is 13.4. The number of halogens is 1. The largest absolute Gasteiger partial charge is 0.478 e. The first-order valence-electron chi connectivity index (χ1n) is 6.42. The maximum absolute atomic E-state index is 13.4. The van der Waals surface area contributed by atoms with E-state index in [1.165, 1.54) is 37.5 Å². The molecule has 4 heteroatoms. The van der Waals surface area contributed by atoms with Crippen molar-refractivity contribution in [2.45, 2.75) is 39.0 Å². The fourth-order valence-electron chi connectivity index (χ4n) is 1.75. The molecule has 0 aliphatic rings. The van der Waals surface area contributed by atoms with E-state index in [4.69, 9.17) is 5.11 Å². The van der Waals surface area contributed by atoms with Gasteiger partial charge in [-0.15, -0.1) is 0 Å². The molecule has 0 aromatic heterocycles. The zero-order valence-corrected chi connectivity index (χ0v) is 10.7. The van der Waals surface area contributed by atoms with Gasteiger partial charge in [-0.3, -0.25) is 0 Å². The standard InChI is InChI=1S/C14H20FNO2/c1-2-3-4-5-6-9-16-13-10-11(14(17)18)7-8-12(13)15/h7-8,10,16H,2-6,9H2,1H3,(H,17,18). The van der Waals surface area contributed by atoms with Crippen LogP contribution in [-0.2, 0) is 0 Å². The highest BCUT2D eigenvalue weighted by Crippen LogP contribution is 2.16. The van der Waals surface area contributed by atoms with Gasteiger partial charge < -0.3 is 10.4 Å². The zero-order valence-electron chi connectivity index (χ0n) is 10.7. The van der Waals surface area contributed by atoms with Gasteiger partial charge in [0.2, 0.25) is 0 Å². The van der Waals surface area contributed by atoms with Crippen LogP contribution in [0.2, 0.25) is 0 Å². The van der Waals surface area contributed by atoms with Crippen LogP contribution in [0.25, 0.3) is 0 Å². The maximum Gasteiger partial charge on any atom is 0.335 e. The van der Waals surface area contributed by atoms with Crippen LogP contribution in [0.3, 0.4) is 0 Å². The van der Waals surface area contributed by atoms with Crippen molar-refractivity contribution in [1.29, 1.82) is 0 Å². The molecule has 0 saturated carbocycles. The van der Waals surface area contributed by atoms with E-state index in [0.29, 0.717) is 6.54 Å². The van der Waals surface area contributed by atoms with Gasteiger partial charge in [0.1, 0.15) is 5.82 Å². The van der Waals surface area contributed by atoms with Crippen LogP contribution in [0.5, 0.6) is 0 Å². The summed E-state index contributed by atoms with van der Waals surface area (Å²) in [7, 11) is 0. The van der Waals surface area contributed by atoms with E-state index in [0.717, 1.165) is 12.8 Å². The van der Waals surface area contributed by atoms with Crippen LogP contribution >= 0.6 is 0 Å². The molecule has 0 heterocycles. The normalized spacial score (nSPS) is 10.3. The van der Waals surface area contributed by atoms with E-state index >= 15 is 0 Å². The lowest BCUT2D eigenvalue weighted by Gasteiger charge is -2.08. The predicted molar refractivity (Wildman–Crippen MR) is 70.6 cm³/mol. The summed E-state index contributed by atoms with van der Waals surface area (Å²) in [5, 5.41) is 11.8. The number of carboxylic acids is 1. The van der Waals surface area contributed by atoms with E-state index in [9.17, 15) is 9.18 Å². The topological polar surface area (TPSA) is 49.3 Å². The molecule has 18 heavy (non-hydrogen) atoms. The Hall–Kier alpha value is -1.58. The molecule has 0 radical (unpaired) electrons. The van der Waals surface area contributed by atoms with Crippen molar-refractivity contribution < 1.29 is 14.3 Å². The van der Waals surface area contributed by atoms with Crippen molar-refractivity contribution in [3.63, 3.8) is 0 Å². The molecule has 0 saturated heterocycles. The number of anilines is 1. The van der Waals surface area contributed by atoms with Crippen molar-refractivity contribution in [3.05, 3.63) is 29.6 Å². The highest BCUT2D eigenvalue weighted by molar-refractivity contribution is 5.88. The van der Waals surface area contributed by atoms with Crippen LogP contribution in [0.4, 0.5) is 10.1 Å². The third kappa shape index (κ3) is 4.73. The van der Waals surface area contributed by atoms with Crippen LogP contribution in [-0.4, -0.2) is 17.6 Å². The second-order valence-electron chi connectivity index (χ2n) is 4.34. The van der Waals surface area contributed by atoms with Gasteiger partial charge in [0.15, 0.2) is 0 Å². The van der Waals surface area contributed by atoms with E-state index in [1.807, 2.05) is 0 Å². The van der Waals surface area contributed by atoms with Gasteiger partial charge in [0, 0.05) is 6.54 Å². The molecule has 0 atom stereocenters. The summed E-state index contributed by atoms with van der Waals surface area (Å²) in [6.45, 7) is 2.83. The summed E-state index contributed by atoms with van der Waals surface area (Å²) < 4.78 is 13.4. The lowest BCUT2D eigenvalue weighted by molar-refractivity contribution is 0.0697. The molecule has 0 aliphatic heterocycles. The number of hydrogen-bond donors (Lipinski definition) is 2. The van der Waals surface area contributed by atoms with Gasteiger partial charge in [-0.2, -0.15) is 0 Å².